The number of nitrogens with zero attached hydrogens (tertiary/aromatic N) is 4. The summed E-state index contributed by atoms with van der Waals surface area (Å²) in [5.41, 5.74) is 0.852. The van der Waals surface area contributed by atoms with Crippen LogP contribution in [-0.4, -0.2) is 41.9 Å². The van der Waals surface area contributed by atoms with Gasteiger partial charge in [0.1, 0.15) is 0 Å². The summed E-state index contributed by atoms with van der Waals surface area (Å²) in [6.45, 7) is 4.12. The highest BCUT2D eigenvalue weighted by Crippen LogP contribution is 2.36. The average molecular weight is 511 g/mol. The summed E-state index contributed by atoms with van der Waals surface area (Å²) >= 11 is 17.5. The molecule has 10 nitrogen and oxygen atoms in total. The summed E-state index contributed by atoms with van der Waals surface area (Å²) in [6, 6.07) is 4.88. The maximum atomic E-state index is 12.7. The molecule has 0 aliphatic carbocycles. The largest absolute Gasteiger partial charge is 0.458 e. The fraction of sp³-hybridized carbons (Fsp3) is 0.353. The number of ether oxygens (including phenoxy) is 1. The van der Waals surface area contributed by atoms with Gasteiger partial charge in [-0.25, -0.2) is 22.9 Å². The molecule has 0 saturated heterocycles. The Labute approximate surface area is 193 Å². The summed E-state index contributed by atoms with van der Waals surface area (Å²) in [5, 5.41) is 0. The van der Waals surface area contributed by atoms with E-state index in [1.54, 1.807) is 26.0 Å². The summed E-state index contributed by atoms with van der Waals surface area (Å²) < 4.78 is 29.8. The number of amides is 2. The van der Waals surface area contributed by atoms with Gasteiger partial charge >= 0.3 is 12.0 Å². The molecule has 0 aliphatic rings. The summed E-state index contributed by atoms with van der Waals surface area (Å²) in [6.07, 6.45) is 0. The number of aryl methyl sites for hydroxylation is 1. The van der Waals surface area contributed by atoms with E-state index in [0.717, 1.165) is 10.5 Å². The number of sulfonamides is 1. The van der Waals surface area contributed by atoms with Gasteiger partial charge in [0, 0.05) is 13.5 Å². The minimum Gasteiger partial charge on any atom is -0.458 e. The van der Waals surface area contributed by atoms with Crippen LogP contribution in [0.4, 0.5) is 10.7 Å². The average Bonchev–Trinajstić information content (AvgIpc) is 2.66. The number of anilines is 1. The van der Waals surface area contributed by atoms with Crippen molar-refractivity contribution in [3.63, 3.8) is 0 Å². The first kappa shape index (κ1) is 25.1. The van der Waals surface area contributed by atoms with E-state index < -0.39 is 25.8 Å². The van der Waals surface area contributed by atoms with Crippen LogP contribution < -0.4 is 9.62 Å². The zero-order chi connectivity index (χ0) is 23.4. The van der Waals surface area contributed by atoms with Crippen LogP contribution >= 0.6 is 34.8 Å². The number of hydrogen-bond donors (Lipinski definition) is 1. The Morgan fingerprint density at radius 3 is 2.26 bits per heavy atom. The molecule has 2 amide bonds. The third-order valence-electron chi connectivity index (χ3n) is 3.68. The molecule has 0 spiro atoms. The molecular formula is C17H18Cl3N5O5S. The molecule has 14 heteroatoms. The van der Waals surface area contributed by atoms with Crippen LogP contribution in [0.5, 0.6) is 0 Å². The number of benzene rings is 1. The van der Waals surface area contributed by atoms with Crippen molar-refractivity contribution in [3.05, 3.63) is 41.5 Å². The predicted octanol–water partition coefficient (Wildman–Crippen LogP) is 2.99. The molecule has 0 aliphatic heterocycles. The molecular weight excluding hydrogens is 493 g/mol. The number of nitrogens with one attached hydrogen (secondary N) is 1. The van der Waals surface area contributed by atoms with E-state index >= 15 is 0 Å². The minimum atomic E-state index is -4.17. The second-order valence-electron chi connectivity index (χ2n) is 6.12. The van der Waals surface area contributed by atoms with Gasteiger partial charge in [-0.15, -0.1) is 0 Å². The molecule has 1 aromatic heterocycles. The lowest BCUT2D eigenvalue weighted by Gasteiger charge is -2.21. The first-order valence-corrected chi connectivity index (χ1v) is 11.3. The monoisotopic (exact) mass is 509 g/mol. The van der Waals surface area contributed by atoms with E-state index in [2.05, 4.69) is 15.0 Å². The normalized spacial score (nSPS) is 11.7. The van der Waals surface area contributed by atoms with Crippen LogP contribution in [0.25, 0.3) is 0 Å². The van der Waals surface area contributed by atoms with Crippen molar-refractivity contribution < 1.29 is 22.7 Å². The molecule has 0 saturated carbocycles. The first-order valence-electron chi connectivity index (χ1n) is 8.70. The van der Waals surface area contributed by atoms with Gasteiger partial charge in [0.2, 0.25) is 9.74 Å². The van der Waals surface area contributed by atoms with Crippen molar-refractivity contribution in [3.8, 4) is 0 Å². The Morgan fingerprint density at radius 2 is 1.74 bits per heavy atom. The van der Waals surface area contributed by atoms with Crippen molar-refractivity contribution >= 4 is 62.8 Å². The molecule has 0 radical (unpaired) electrons. The SMILES string of the molecule is CCN(C(=O)NS(=O)(=O)c1ccc(C)cc1)c1nc(COC(C)=O)nc(C(Cl)(Cl)Cl)n1. The van der Waals surface area contributed by atoms with E-state index in [0.29, 0.717) is 0 Å². The fourth-order valence-corrected chi connectivity index (χ4v) is 3.41. The number of hydrogen-bond acceptors (Lipinski definition) is 8. The maximum Gasteiger partial charge on any atom is 0.338 e. The van der Waals surface area contributed by atoms with Crippen LogP contribution in [0.2, 0.25) is 0 Å². The first-order chi connectivity index (χ1) is 14.3. The lowest BCUT2D eigenvalue weighted by Crippen LogP contribution is -2.44. The predicted molar refractivity (Wildman–Crippen MR) is 114 cm³/mol. The van der Waals surface area contributed by atoms with E-state index in [4.69, 9.17) is 39.5 Å². The number of rotatable bonds is 6. The minimum absolute atomic E-state index is 0.0361. The second-order valence-corrected chi connectivity index (χ2v) is 10.1. The highest BCUT2D eigenvalue weighted by molar-refractivity contribution is 7.90. The van der Waals surface area contributed by atoms with Gasteiger partial charge in [0.05, 0.1) is 4.90 Å². The molecule has 0 unspecified atom stereocenters. The third-order valence-corrected chi connectivity index (χ3v) is 5.53. The van der Waals surface area contributed by atoms with E-state index in [9.17, 15) is 18.0 Å². The van der Waals surface area contributed by atoms with Crippen LogP contribution in [0.3, 0.4) is 0 Å². The summed E-state index contributed by atoms with van der Waals surface area (Å²) in [4.78, 5) is 36.5. The number of aromatic nitrogens is 3. The smallest absolute Gasteiger partial charge is 0.338 e. The molecule has 1 heterocycles. The zero-order valence-electron chi connectivity index (χ0n) is 16.6. The lowest BCUT2D eigenvalue weighted by atomic mass is 10.2. The van der Waals surface area contributed by atoms with Crippen LogP contribution in [0, 0.1) is 6.92 Å². The van der Waals surface area contributed by atoms with Crippen LogP contribution in [0.1, 0.15) is 31.1 Å². The van der Waals surface area contributed by atoms with Crippen LogP contribution in [-0.2, 0) is 30.0 Å². The van der Waals surface area contributed by atoms with Gasteiger partial charge in [0.15, 0.2) is 18.3 Å². The number of carbonyl (C=O) groups excluding carboxylic acids is 2. The summed E-state index contributed by atoms with van der Waals surface area (Å²) in [5.74, 6) is -1.34. The van der Waals surface area contributed by atoms with Crippen molar-refractivity contribution in [1.29, 1.82) is 0 Å². The molecule has 1 N–H and O–H groups in total. The third kappa shape index (κ3) is 6.89. The molecule has 2 aromatic rings. The van der Waals surface area contributed by atoms with Gasteiger partial charge < -0.3 is 4.74 Å². The zero-order valence-corrected chi connectivity index (χ0v) is 19.7. The van der Waals surface area contributed by atoms with Crippen molar-refractivity contribution in [2.24, 2.45) is 0 Å². The van der Waals surface area contributed by atoms with Gasteiger partial charge in [-0.3, -0.25) is 9.69 Å². The Balaban J connectivity index is 2.38. The Bertz CT molecular complexity index is 1070. The van der Waals surface area contributed by atoms with E-state index in [1.807, 2.05) is 4.72 Å². The van der Waals surface area contributed by atoms with Crippen molar-refractivity contribution in [1.82, 2.24) is 19.7 Å². The highest BCUT2D eigenvalue weighted by atomic mass is 35.6. The van der Waals surface area contributed by atoms with E-state index in [-0.39, 0.29) is 35.6 Å². The summed E-state index contributed by atoms with van der Waals surface area (Å²) in [7, 11) is -4.17. The Hall–Kier alpha value is -2.21. The number of carbonyl (C=O) groups is 2. The van der Waals surface area contributed by atoms with Crippen molar-refractivity contribution in [2.45, 2.75) is 36.1 Å². The number of esters is 1. The van der Waals surface area contributed by atoms with Crippen molar-refractivity contribution in [2.75, 3.05) is 11.4 Å². The quantitative estimate of drug-likeness (QED) is 0.463. The molecule has 0 bridgehead atoms. The highest BCUT2D eigenvalue weighted by Gasteiger charge is 2.31. The molecule has 1 aromatic carbocycles. The Kier molecular flexibility index (Phi) is 8.04. The standard InChI is InChI=1S/C17H18Cl3N5O5S/c1-4-25(16(27)24-31(28,29)12-7-5-10(2)6-8-12)15-22-13(9-30-11(3)26)21-14(23-15)17(18,19)20/h5-8H,4,9H2,1-3H3,(H,24,27). The van der Waals surface area contributed by atoms with Gasteiger partial charge in [-0.05, 0) is 26.0 Å². The molecule has 31 heavy (non-hydrogen) atoms. The molecule has 168 valence electrons. The lowest BCUT2D eigenvalue weighted by molar-refractivity contribution is -0.142. The topological polar surface area (TPSA) is 131 Å². The van der Waals surface area contributed by atoms with Gasteiger partial charge in [-0.2, -0.15) is 9.97 Å². The van der Waals surface area contributed by atoms with Crippen LogP contribution in [0.15, 0.2) is 29.2 Å². The van der Waals surface area contributed by atoms with E-state index in [1.165, 1.54) is 19.1 Å². The maximum absolute atomic E-state index is 12.7. The molecule has 0 fully saturated rings. The number of alkyl halides is 3. The van der Waals surface area contributed by atoms with Gasteiger partial charge in [-0.1, -0.05) is 52.5 Å². The number of halogens is 3. The fourth-order valence-electron chi connectivity index (χ4n) is 2.21. The number of urea groups is 1. The second kappa shape index (κ2) is 9.94. The van der Waals surface area contributed by atoms with Gasteiger partial charge in [0.25, 0.3) is 10.0 Å². The molecule has 2 rings (SSSR count). The molecule has 0 atom stereocenters. The Morgan fingerprint density at radius 1 is 1.13 bits per heavy atom.